The zero-order valence-corrected chi connectivity index (χ0v) is 10.4. The minimum absolute atomic E-state index is 0.143. The number of nitrogens with zero attached hydrogens (tertiary/aromatic N) is 1. The minimum Gasteiger partial charge on any atom is -0.356 e. The molecule has 0 bridgehead atoms. The Hall–Kier alpha value is -1.02. The van der Waals surface area contributed by atoms with Gasteiger partial charge in [0.2, 0.25) is 10.0 Å². The molecule has 1 N–H and O–H groups in total. The number of rotatable bonds is 3. The van der Waals surface area contributed by atoms with Crippen LogP contribution in [0.1, 0.15) is 12.5 Å². The van der Waals surface area contributed by atoms with Gasteiger partial charge in [-0.1, -0.05) is 0 Å². The second kappa shape index (κ2) is 4.34. The molecule has 1 heterocycles. The molecule has 0 aliphatic heterocycles. The standard InChI is InChI=1S/C9H13F3N2O2S/c1-6-4-14(3)5-8(6)17(15,16)13-7(2)9(10,11)12/h4-5,7,13H,1-3H3/t7-/m1/s1. The molecule has 1 atom stereocenters. The Morgan fingerprint density at radius 3 is 2.24 bits per heavy atom. The van der Waals surface area contributed by atoms with Gasteiger partial charge >= 0.3 is 6.18 Å². The first-order valence-electron chi connectivity index (χ1n) is 4.75. The first-order chi connectivity index (χ1) is 7.54. The van der Waals surface area contributed by atoms with Crippen molar-refractivity contribution in [3.05, 3.63) is 18.0 Å². The van der Waals surface area contributed by atoms with Crippen LogP contribution in [0.3, 0.4) is 0 Å². The first-order valence-corrected chi connectivity index (χ1v) is 6.24. The zero-order chi connectivity index (χ0) is 13.4. The highest BCUT2D eigenvalue weighted by Gasteiger charge is 2.39. The van der Waals surface area contributed by atoms with E-state index in [0.29, 0.717) is 5.56 Å². The molecule has 17 heavy (non-hydrogen) atoms. The number of sulfonamides is 1. The molecular weight excluding hydrogens is 257 g/mol. The van der Waals surface area contributed by atoms with Crippen LogP contribution < -0.4 is 4.72 Å². The topological polar surface area (TPSA) is 51.1 Å². The lowest BCUT2D eigenvalue weighted by Gasteiger charge is -2.17. The molecule has 0 saturated carbocycles. The summed E-state index contributed by atoms with van der Waals surface area (Å²) in [5, 5.41) is 0. The summed E-state index contributed by atoms with van der Waals surface area (Å²) >= 11 is 0. The van der Waals surface area contributed by atoms with E-state index < -0.39 is 22.2 Å². The highest BCUT2D eigenvalue weighted by Crippen LogP contribution is 2.22. The summed E-state index contributed by atoms with van der Waals surface area (Å²) in [4.78, 5) is -0.143. The molecule has 0 aliphatic carbocycles. The van der Waals surface area contributed by atoms with Gasteiger partial charge in [0, 0.05) is 19.4 Å². The number of aromatic nitrogens is 1. The van der Waals surface area contributed by atoms with Crippen molar-refractivity contribution < 1.29 is 21.6 Å². The highest BCUT2D eigenvalue weighted by atomic mass is 32.2. The van der Waals surface area contributed by atoms with Crippen molar-refractivity contribution in [3.63, 3.8) is 0 Å². The molecule has 1 aromatic heterocycles. The van der Waals surface area contributed by atoms with E-state index >= 15 is 0 Å². The molecule has 0 saturated heterocycles. The molecular formula is C9H13F3N2O2S. The molecule has 0 fully saturated rings. The lowest BCUT2D eigenvalue weighted by atomic mass is 10.4. The Morgan fingerprint density at radius 2 is 1.88 bits per heavy atom. The number of alkyl halides is 3. The number of halogens is 3. The predicted molar refractivity (Wildman–Crippen MR) is 56.0 cm³/mol. The van der Waals surface area contributed by atoms with Crippen LogP contribution in [-0.4, -0.2) is 25.2 Å². The first kappa shape index (κ1) is 14.0. The van der Waals surface area contributed by atoms with Crippen LogP contribution in [0.4, 0.5) is 13.2 Å². The summed E-state index contributed by atoms with van der Waals surface area (Å²) in [5.74, 6) is 0. The quantitative estimate of drug-likeness (QED) is 0.906. The van der Waals surface area contributed by atoms with Crippen LogP contribution in [0.2, 0.25) is 0 Å². The molecule has 0 aromatic carbocycles. The Kier molecular flexibility index (Phi) is 3.58. The van der Waals surface area contributed by atoms with E-state index in [-0.39, 0.29) is 4.90 Å². The Bertz CT molecular complexity index is 505. The van der Waals surface area contributed by atoms with Gasteiger partial charge in [0.25, 0.3) is 0 Å². The van der Waals surface area contributed by atoms with Gasteiger partial charge in [0.05, 0.1) is 0 Å². The predicted octanol–water partition coefficient (Wildman–Crippen LogP) is 1.56. The van der Waals surface area contributed by atoms with E-state index in [1.165, 1.54) is 23.9 Å². The molecule has 4 nitrogen and oxygen atoms in total. The average Bonchev–Trinajstić information content (AvgIpc) is 2.43. The Labute approximate surface area is 97.5 Å². The Balaban J connectivity index is 3.02. The normalized spacial score (nSPS) is 14.9. The van der Waals surface area contributed by atoms with Crippen molar-refractivity contribution in [3.8, 4) is 0 Å². The molecule has 1 aromatic rings. The van der Waals surface area contributed by atoms with Gasteiger partial charge in [-0.3, -0.25) is 0 Å². The number of hydrogen-bond acceptors (Lipinski definition) is 2. The van der Waals surface area contributed by atoms with E-state index in [2.05, 4.69) is 0 Å². The molecule has 0 spiro atoms. The zero-order valence-electron chi connectivity index (χ0n) is 9.54. The van der Waals surface area contributed by atoms with Crippen molar-refractivity contribution in [2.75, 3.05) is 0 Å². The number of nitrogens with one attached hydrogen (secondary N) is 1. The molecule has 0 aliphatic rings. The van der Waals surface area contributed by atoms with Crippen molar-refractivity contribution in [1.82, 2.24) is 9.29 Å². The maximum Gasteiger partial charge on any atom is 0.404 e. The van der Waals surface area contributed by atoms with E-state index in [1.54, 1.807) is 11.8 Å². The molecule has 1 rings (SSSR count). The van der Waals surface area contributed by atoms with Crippen LogP contribution in [-0.2, 0) is 17.1 Å². The largest absolute Gasteiger partial charge is 0.404 e. The Morgan fingerprint density at radius 1 is 1.35 bits per heavy atom. The number of hydrogen-bond donors (Lipinski definition) is 1. The fourth-order valence-electron chi connectivity index (χ4n) is 1.34. The van der Waals surface area contributed by atoms with E-state index in [1.807, 2.05) is 0 Å². The SMILES string of the molecule is Cc1cn(C)cc1S(=O)(=O)N[C@H](C)C(F)(F)F. The van der Waals surface area contributed by atoms with Gasteiger partial charge in [0.15, 0.2) is 0 Å². The van der Waals surface area contributed by atoms with Crippen molar-refractivity contribution in [2.45, 2.75) is 31.0 Å². The van der Waals surface area contributed by atoms with Crippen LogP contribution in [0.15, 0.2) is 17.3 Å². The van der Waals surface area contributed by atoms with Gasteiger partial charge in [-0.05, 0) is 19.4 Å². The summed E-state index contributed by atoms with van der Waals surface area (Å²) in [5.41, 5.74) is 0.398. The summed E-state index contributed by atoms with van der Waals surface area (Å²) in [6.07, 6.45) is -1.82. The van der Waals surface area contributed by atoms with Gasteiger partial charge in [-0.25, -0.2) is 8.42 Å². The minimum atomic E-state index is -4.60. The maximum absolute atomic E-state index is 12.3. The third-order valence-corrected chi connectivity index (χ3v) is 3.89. The summed E-state index contributed by atoms with van der Waals surface area (Å²) in [6, 6.07) is -2.12. The molecule has 0 unspecified atom stereocenters. The molecule has 8 heteroatoms. The van der Waals surface area contributed by atoms with Crippen LogP contribution >= 0.6 is 0 Å². The van der Waals surface area contributed by atoms with E-state index in [0.717, 1.165) is 6.92 Å². The molecule has 0 amide bonds. The van der Waals surface area contributed by atoms with Crippen molar-refractivity contribution >= 4 is 10.0 Å². The van der Waals surface area contributed by atoms with Crippen LogP contribution in [0.5, 0.6) is 0 Å². The third kappa shape index (κ3) is 3.22. The van der Waals surface area contributed by atoms with Crippen molar-refractivity contribution in [2.24, 2.45) is 7.05 Å². The lowest BCUT2D eigenvalue weighted by Crippen LogP contribution is -2.43. The average molecular weight is 270 g/mol. The maximum atomic E-state index is 12.3. The smallest absolute Gasteiger partial charge is 0.356 e. The third-order valence-electron chi connectivity index (χ3n) is 2.22. The molecule has 98 valence electrons. The van der Waals surface area contributed by atoms with Crippen LogP contribution in [0.25, 0.3) is 0 Å². The highest BCUT2D eigenvalue weighted by molar-refractivity contribution is 7.89. The summed E-state index contributed by atoms with van der Waals surface area (Å²) < 4.78 is 63.3. The summed E-state index contributed by atoms with van der Waals surface area (Å²) in [6.45, 7) is 2.28. The number of aryl methyl sites for hydroxylation is 2. The van der Waals surface area contributed by atoms with Crippen LogP contribution in [0, 0.1) is 6.92 Å². The van der Waals surface area contributed by atoms with Crippen molar-refractivity contribution in [1.29, 1.82) is 0 Å². The second-order valence-corrected chi connectivity index (χ2v) is 5.54. The summed E-state index contributed by atoms with van der Waals surface area (Å²) in [7, 11) is -2.55. The molecule has 0 radical (unpaired) electrons. The monoisotopic (exact) mass is 270 g/mol. The van der Waals surface area contributed by atoms with Gasteiger partial charge < -0.3 is 4.57 Å². The fraction of sp³-hybridized carbons (Fsp3) is 0.556. The van der Waals surface area contributed by atoms with Gasteiger partial charge in [-0.2, -0.15) is 17.9 Å². The van der Waals surface area contributed by atoms with Gasteiger partial charge in [0.1, 0.15) is 10.9 Å². The lowest BCUT2D eigenvalue weighted by molar-refractivity contribution is -0.147. The fourth-order valence-corrected chi connectivity index (χ4v) is 2.85. The second-order valence-electron chi connectivity index (χ2n) is 3.86. The van der Waals surface area contributed by atoms with E-state index in [9.17, 15) is 21.6 Å². The van der Waals surface area contributed by atoms with Gasteiger partial charge in [-0.15, -0.1) is 0 Å². The van der Waals surface area contributed by atoms with E-state index in [4.69, 9.17) is 0 Å².